The molecule has 0 spiro atoms. The van der Waals surface area contributed by atoms with E-state index in [0.717, 1.165) is 13.1 Å². The molecule has 114 valence electrons. The summed E-state index contributed by atoms with van der Waals surface area (Å²) >= 11 is 0. The number of hydrogen-bond acceptors (Lipinski definition) is 2. The summed E-state index contributed by atoms with van der Waals surface area (Å²) in [4.78, 5) is 6.13. The molecule has 1 unspecified atom stereocenters. The van der Waals surface area contributed by atoms with Crippen LogP contribution >= 0.6 is 0 Å². The summed E-state index contributed by atoms with van der Waals surface area (Å²) in [6.07, 6.45) is 2.64. The van der Waals surface area contributed by atoms with Crippen LogP contribution in [0.25, 0.3) is 10.9 Å². The van der Waals surface area contributed by atoms with Crippen LogP contribution in [0.4, 0.5) is 0 Å². The quantitative estimate of drug-likeness (QED) is 0.881. The lowest BCUT2D eigenvalue weighted by atomic mass is 10.1. The number of hydrogen-bond donors (Lipinski definition) is 2. The van der Waals surface area contributed by atoms with Gasteiger partial charge in [0.2, 0.25) is 0 Å². The molecule has 1 aliphatic rings. The summed E-state index contributed by atoms with van der Waals surface area (Å²) in [5, 5.41) is 5.00. The lowest BCUT2D eigenvalue weighted by molar-refractivity contribution is 0.194. The van der Waals surface area contributed by atoms with E-state index in [1.165, 1.54) is 41.5 Å². The number of nitrogens with zero attached hydrogens (tertiary/aromatic N) is 1. The maximum absolute atomic E-state index is 3.62. The maximum atomic E-state index is 3.62. The molecular formula is C18H27N3. The van der Waals surface area contributed by atoms with Crippen molar-refractivity contribution in [1.82, 2.24) is 15.2 Å². The van der Waals surface area contributed by atoms with Crippen LogP contribution in [-0.2, 0) is 6.54 Å². The Balaban J connectivity index is 1.82. The Morgan fingerprint density at radius 2 is 2.10 bits per heavy atom. The number of rotatable bonds is 5. The molecule has 2 aromatic rings. The van der Waals surface area contributed by atoms with Crippen molar-refractivity contribution in [2.45, 2.75) is 52.2 Å². The molecule has 1 saturated heterocycles. The number of aromatic nitrogens is 1. The van der Waals surface area contributed by atoms with Gasteiger partial charge in [0.25, 0.3) is 0 Å². The van der Waals surface area contributed by atoms with Gasteiger partial charge in [-0.2, -0.15) is 0 Å². The summed E-state index contributed by atoms with van der Waals surface area (Å²) in [6.45, 7) is 10.2. The maximum Gasteiger partial charge on any atom is 0.0459 e. The predicted octanol–water partition coefficient (Wildman–Crippen LogP) is 3.44. The zero-order valence-corrected chi connectivity index (χ0v) is 13.4. The third-order valence-corrected chi connectivity index (χ3v) is 4.74. The highest BCUT2D eigenvalue weighted by Crippen LogP contribution is 2.24. The molecule has 3 heteroatoms. The van der Waals surface area contributed by atoms with Gasteiger partial charge in [0.15, 0.2) is 0 Å². The molecule has 0 aliphatic carbocycles. The first kappa shape index (κ1) is 14.6. The molecule has 0 amide bonds. The monoisotopic (exact) mass is 285 g/mol. The van der Waals surface area contributed by atoms with Gasteiger partial charge in [0.1, 0.15) is 0 Å². The normalized spacial score (nSPS) is 19.2. The molecular weight excluding hydrogens is 258 g/mol. The van der Waals surface area contributed by atoms with Crippen molar-refractivity contribution in [3.63, 3.8) is 0 Å². The Morgan fingerprint density at radius 1 is 1.29 bits per heavy atom. The number of benzene rings is 1. The molecule has 1 aromatic carbocycles. The van der Waals surface area contributed by atoms with E-state index in [-0.39, 0.29) is 0 Å². The van der Waals surface area contributed by atoms with Gasteiger partial charge in [-0.05, 0) is 51.8 Å². The van der Waals surface area contributed by atoms with E-state index in [1.54, 1.807) is 0 Å². The van der Waals surface area contributed by atoms with Crippen LogP contribution in [0.3, 0.4) is 0 Å². The molecule has 1 aromatic heterocycles. The third kappa shape index (κ3) is 3.14. The number of H-pyrrole nitrogens is 1. The van der Waals surface area contributed by atoms with Crippen LogP contribution in [0.5, 0.6) is 0 Å². The second kappa shape index (κ2) is 6.20. The van der Waals surface area contributed by atoms with E-state index >= 15 is 0 Å². The fourth-order valence-corrected chi connectivity index (χ4v) is 3.40. The number of nitrogens with one attached hydrogen (secondary N) is 2. The molecule has 2 heterocycles. The summed E-state index contributed by atoms with van der Waals surface area (Å²) in [5.74, 6) is 0. The van der Waals surface area contributed by atoms with Crippen LogP contribution in [-0.4, -0.2) is 35.1 Å². The number of aromatic amines is 1. The van der Waals surface area contributed by atoms with E-state index in [0.29, 0.717) is 12.1 Å². The van der Waals surface area contributed by atoms with Crippen molar-refractivity contribution >= 4 is 10.9 Å². The van der Waals surface area contributed by atoms with Gasteiger partial charge < -0.3 is 10.3 Å². The molecule has 3 nitrogen and oxygen atoms in total. The minimum absolute atomic E-state index is 0.570. The molecule has 2 N–H and O–H groups in total. The number of fused-ring (bicyclic) bond motifs is 1. The lowest BCUT2D eigenvalue weighted by Crippen LogP contribution is -2.40. The van der Waals surface area contributed by atoms with Crippen LogP contribution in [0.15, 0.2) is 24.3 Å². The Labute approximate surface area is 127 Å². The molecule has 0 radical (unpaired) electrons. The zero-order valence-electron chi connectivity index (χ0n) is 13.4. The van der Waals surface area contributed by atoms with Gasteiger partial charge in [-0.3, -0.25) is 4.90 Å². The highest BCUT2D eigenvalue weighted by atomic mass is 15.2. The average molecular weight is 285 g/mol. The fourth-order valence-electron chi connectivity index (χ4n) is 3.40. The van der Waals surface area contributed by atoms with E-state index in [1.807, 2.05) is 0 Å². The van der Waals surface area contributed by atoms with Gasteiger partial charge in [-0.1, -0.05) is 18.2 Å². The molecule has 0 bridgehead atoms. The highest BCUT2D eigenvalue weighted by Gasteiger charge is 2.21. The van der Waals surface area contributed by atoms with Crippen LogP contribution in [0.1, 0.15) is 37.9 Å². The van der Waals surface area contributed by atoms with Crippen LogP contribution in [0.2, 0.25) is 0 Å². The zero-order chi connectivity index (χ0) is 14.8. The first-order chi connectivity index (χ1) is 10.1. The van der Waals surface area contributed by atoms with Crippen molar-refractivity contribution in [2.24, 2.45) is 0 Å². The lowest BCUT2D eigenvalue weighted by Gasteiger charge is -2.29. The Kier molecular flexibility index (Phi) is 4.32. The van der Waals surface area contributed by atoms with Crippen molar-refractivity contribution in [2.75, 3.05) is 13.1 Å². The van der Waals surface area contributed by atoms with Crippen molar-refractivity contribution in [3.8, 4) is 0 Å². The first-order valence-electron chi connectivity index (χ1n) is 8.18. The highest BCUT2D eigenvalue weighted by molar-refractivity contribution is 5.84. The topological polar surface area (TPSA) is 31.1 Å². The average Bonchev–Trinajstić information content (AvgIpc) is 3.06. The van der Waals surface area contributed by atoms with Gasteiger partial charge in [0.05, 0.1) is 0 Å². The van der Waals surface area contributed by atoms with Crippen LogP contribution < -0.4 is 5.32 Å². The summed E-state index contributed by atoms with van der Waals surface area (Å²) in [6, 6.07) is 9.88. The molecule has 1 aliphatic heterocycles. The molecule has 1 atom stereocenters. The van der Waals surface area contributed by atoms with E-state index in [9.17, 15) is 0 Å². The van der Waals surface area contributed by atoms with Gasteiger partial charge in [0, 0.05) is 41.8 Å². The van der Waals surface area contributed by atoms with E-state index in [2.05, 4.69) is 60.2 Å². The predicted molar refractivity (Wildman–Crippen MR) is 89.6 cm³/mol. The van der Waals surface area contributed by atoms with E-state index < -0.39 is 0 Å². The summed E-state index contributed by atoms with van der Waals surface area (Å²) in [7, 11) is 0. The van der Waals surface area contributed by atoms with Gasteiger partial charge in [-0.25, -0.2) is 0 Å². The van der Waals surface area contributed by atoms with Crippen LogP contribution in [0, 0.1) is 6.92 Å². The summed E-state index contributed by atoms with van der Waals surface area (Å²) < 4.78 is 0. The molecule has 3 rings (SSSR count). The largest absolute Gasteiger partial charge is 0.358 e. The fraction of sp³-hybridized carbons (Fsp3) is 0.556. The number of aryl methyl sites for hydroxylation is 1. The summed E-state index contributed by atoms with van der Waals surface area (Å²) in [5.41, 5.74) is 4.02. The SMILES string of the molecule is Cc1[nH]c2ccccc2c1CN(CC1CCCN1)C(C)C. The second-order valence-corrected chi connectivity index (χ2v) is 6.59. The molecule has 0 saturated carbocycles. The van der Waals surface area contributed by atoms with Gasteiger partial charge >= 0.3 is 0 Å². The number of para-hydroxylation sites is 1. The smallest absolute Gasteiger partial charge is 0.0459 e. The second-order valence-electron chi connectivity index (χ2n) is 6.59. The Hall–Kier alpha value is -1.32. The third-order valence-electron chi connectivity index (χ3n) is 4.74. The standard InChI is InChI=1S/C18H27N3/c1-13(2)21(11-15-7-6-10-19-15)12-17-14(3)20-18-9-5-4-8-16(17)18/h4-5,8-9,13,15,19-20H,6-7,10-12H2,1-3H3. The molecule has 1 fully saturated rings. The Bertz CT molecular complexity index is 594. The van der Waals surface area contributed by atoms with Crippen molar-refractivity contribution in [3.05, 3.63) is 35.5 Å². The Morgan fingerprint density at radius 3 is 2.81 bits per heavy atom. The van der Waals surface area contributed by atoms with Crippen molar-refractivity contribution in [1.29, 1.82) is 0 Å². The van der Waals surface area contributed by atoms with Gasteiger partial charge in [-0.15, -0.1) is 0 Å². The van der Waals surface area contributed by atoms with E-state index in [4.69, 9.17) is 0 Å². The minimum Gasteiger partial charge on any atom is -0.358 e. The first-order valence-corrected chi connectivity index (χ1v) is 8.18. The minimum atomic E-state index is 0.570. The molecule has 21 heavy (non-hydrogen) atoms. The van der Waals surface area contributed by atoms with Crippen molar-refractivity contribution < 1.29 is 0 Å².